The number of aromatic nitrogens is 2. The van der Waals surface area contributed by atoms with Crippen molar-refractivity contribution in [3.63, 3.8) is 0 Å². The van der Waals surface area contributed by atoms with Gasteiger partial charge in [0.05, 0.1) is 17.3 Å². The first kappa shape index (κ1) is 14.1. The van der Waals surface area contributed by atoms with E-state index in [1.165, 1.54) is 6.07 Å². The van der Waals surface area contributed by atoms with Gasteiger partial charge >= 0.3 is 0 Å². The molecule has 0 atom stereocenters. The van der Waals surface area contributed by atoms with Crippen LogP contribution in [0.2, 0.25) is 0 Å². The molecule has 5 heteroatoms. The van der Waals surface area contributed by atoms with E-state index < -0.39 is 0 Å². The summed E-state index contributed by atoms with van der Waals surface area (Å²) in [5.74, 6) is -0.367. The molecule has 20 heavy (non-hydrogen) atoms. The van der Waals surface area contributed by atoms with E-state index in [0.717, 1.165) is 17.7 Å². The van der Waals surface area contributed by atoms with Crippen molar-refractivity contribution in [2.45, 2.75) is 26.8 Å². The van der Waals surface area contributed by atoms with Gasteiger partial charge in [0.15, 0.2) is 0 Å². The number of anilines is 1. The molecule has 0 unspecified atom stereocenters. The van der Waals surface area contributed by atoms with Crippen LogP contribution in [0, 0.1) is 24.1 Å². The Morgan fingerprint density at radius 2 is 2.20 bits per heavy atom. The number of benzene rings is 1. The van der Waals surface area contributed by atoms with Crippen LogP contribution in [0.1, 0.15) is 29.3 Å². The van der Waals surface area contributed by atoms with Crippen LogP contribution in [0.15, 0.2) is 18.3 Å². The highest BCUT2D eigenvalue weighted by Crippen LogP contribution is 2.21. The van der Waals surface area contributed by atoms with Crippen LogP contribution < -0.4 is 5.32 Å². The molecule has 1 heterocycles. The van der Waals surface area contributed by atoms with Gasteiger partial charge in [-0.2, -0.15) is 10.4 Å². The quantitative estimate of drug-likeness (QED) is 0.931. The van der Waals surface area contributed by atoms with Crippen molar-refractivity contribution in [3.05, 3.63) is 46.5 Å². The zero-order chi connectivity index (χ0) is 14.7. The Hall–Kier alpha value is -2.35. The van der Waals surface area contributed by atoms with Crippen molar-refractivity contribution in [2.24, 2.45) is 7.05 Å². The lowest BCUT2D eigenvalue weighted by Gasteiger charge is -2.10. The number of rotatable bonds is 4. The van der Waals surface area contributed by atoms with Gasteiger partial charge in [0.2, 0.25) is 0 Å². The fourth-order valence-corrected chi connectivity index (χ4v) is 2.15. The lowest BCUT2D eigenvalue weighted by molar-refractivity contribution is 0.618. The summed E-state index contributed by atoms with van der Waals surface area (Å²) in [6, 6.07) is 4.88. The van der Waals surface area contributed by atoms with Crippen LogP contribution in [-0.4, -0.2) is 9.78 Å². The van der Waals surface area contributed by atoms with Crippen molar-refractivity contribution >= 4 is 5.69 Å². The summed E-state index contributed by atoms with van der Waals surface area (Å²) in [5.41, 5.74) is 3.59. The SMILES string of the molecule is CCc1nn(C)cc1CNc1cc(C#N)cc(F)c1C. The molecule has 1 N–H and O–H groups in total. The fraction of sp³-hybridized carbons (Fsp3) is 0.333. The van der Waals surface area contributed by atoms with Gasteiger partial charge in [0.1, 0.15) is 5.82 Å². The van der Waals surface area contributed by atoms with Crippen molar-refractivity contribution < 1.29 is 4.39 Å². The van der Waals surface area contributed by atoms with Crippen LogP contribution in [-0.2, 0) is 20.0 Å². The molecular formula is C15H17FN4. The minimum Gasteiger partial charge on any atom is -0.381 e. The van der Waals surface area contributed by atoms with E-state index >= 15 is 0 Å². The zero-order valence-corrected chi connectivity index (χ0v) is 11.9. The predicted octanol–water partition coefficient (Wildman–Crippen LogP) is 2.91. The number of aryl methyl sites for hydroxylation is 2. The molecule has 104 valence electrons. The van der Waals surface area contributed by atoms with E-state index in [-0.39, 0.29) is 5.82 Å². The highest BCUT2D eigenvalue weighted by molar-refractivity contribution is 5.56. The number of nitrogens with one attached hydrogen (secondary N) is 1. The number of nitrogens with zero attached hydrogens (tertiary/aromatic N) is 3. The second-order valence-electron chi connectivity index (χ2n) is 4.72. The Bertz CT molecular complexity index is 667. The minimum absolute atomic E-state index is 0.317. The second-order valence-corrected chi connectivity index (χ2v) is 4.72. The summed E-state index contributed by atoms with van der Waals surface area (Å²) in [4.78, 5) is 0. The number of nitriles is 1. The molecule has 0 bridgehead atoms. The second kappa shape index (κ2) is 5.74. The molecule has 0 amide bonds. The maximum absolute atomic E-state index is 13.7. The number of hydrogen-bond donors (Lipinski definition) is 1. The average Bonchev–Trinajstić information content (AvgIpc) is 2.80. The molecule has 1 aromatic carbocycles. The van der Waals surface area contributed by atoms with Crippen molar-refractivity contribution in [3.8, 4) is 6.07 Å². The molecule has 0 saturated carbocycles. The van der Waals surface area contributed by atoms with E-state index in [9.17, 15) is 4.39 Å². The molecule has 0 radical (unpaired) electrons. The smallest absolute Gasteiger partial charge is 0.129 e. The van der Waals surface area contributed by atoms with E-state index in [4.69, 9.17) is 5.26 Å². The van der Waals surface area contributed by atoms with Gasteiger partial charge in [0, 0.05) is 36.6 Å². The van der Waals surface area contributed by atoms with Crippen molar-refractivity contribution in [1.29, 1.82) is 5.26 Å². The molecule has 0 aliphatic rings. The fourth-order valence-electron chi connectivity index (χ4n) is 2.15. The Labute approximate surface area is 117 Å². The summed E-state index contributed by atoms with van der Waals surface area (Å²) < 4.78 is 15.5. The number of halogens is 1. The van der Waals surface area contributed by atoms with Crippen LogP contribution in [0.5, 0.6) is 0 Å². The third kappa shape index (κ3) is 2.80. The van der Waals surface area contributed by atoms with Crippen molar-refractivity contribution in [1.82, 2.24) is 9.78 Å². The molecule has 2 aromatic rings. The topological polar surface area (TPSA) is 53.6 Å². The third-order valence-corrected chi connectivity index (χ3v) is 3.27. The minimum atomic E-state index is -0.367. The van der Waals surface area contributed by atoms with E-state index in [2.05, 4.69) is 10.4 Å². The first-order valence-corrected chi connectivity index (χ1v) is 6.50. The van der Waals surface area contributed by atoms with Crippen molar-refractivity contribution in [2.75, 3.05) is 5.32 Å². The Balaban J connectivity index is 2.23. The van der Waals surface area contributed by atoms with Gasteiger partial charge in [-0.05, 0) is 25.5 Å². The lowest BCUT2D eigenvalue weighted by atomic mass is 10.1. The molecule has 0 aliphatic carbocycles. The summed E-state index contributed by atoms with van der Waals surface area (Å²) in [6.07, 6.45) is 2.80. The summed E-state index contributed by atoms with van der Waals surface area (Å²) in [7, 11) is 1.88. The molecule has 4 nitrogen and oxygen atoms in total. The Morgan fingerprint density at radius 1 is 1.45 bits per heavy atom. The monoisotopic (exact) mass is 272 g/mol. The van der Waals surface area contributed by atoms with Gasteiger partial charge in [-0.15, -0.1) is 0 Å². The van der Waals surface area contributed by atoms with Gasteiger partial charge < -0.3 is 5.32 Å². The molecule has 1 aromatic heterocycles. The highest BCUT2D eigenvalue weighted by atomic mass is 19.1. The molecule has 0 saturated heterocycles. The first-order valence-electron chi connectivity index (χ1n) is 6.50. The molecule has 0 aliphatic heterocycles. The van der Waals surface area contributed by atoms with E-state index in [1.54, 1.807) is 17.7 Å². The van der Waals surface area contributed by atoms with Crippen LogP contribution in [0.4, 0.5) is 10.1 Å². The molecule has 0 spiro atoms. The van der Waals surface area contributed by atoms with E-state index in [0.29, 0.717) is 23.4 Å². The average molecular weight is 272 g/mol. The molecule has 0 fully saturated rings. The highest BCUT2D eigenvalue weighted by Gasteiger charge is 2.09. The van der Waals surface area contributed by atoms with Crippen LogP contribution in [0.3, 0.4) is 0 Å². The normalized spacial score (nSPS) is 10.3. The van der Waals surface area contributed by atoms with Gasteiger partial charge in [-0.3, -0.25) is 4.68 Å². The molecule has 2 rings (SSSR count). The summed E-state index contributed by atoms with van der Waals surface area (Å²) in [6.45, 7) is 4.31. The summed E-state index contributed by atoms with van der Waals surface area (Å²) in [5, 5.41) is 16.4. The summed E-state index contributed by atoms with van der Waals surface area (Å²) >= 11 is 0. The molecular weight excluding hydrogens is 255 g/mol. The van der Waals surface area contributed by atoms with Crippen LogP contribution in [0.25, 0.3) is 0 Å². The van der Waals surface area contributed by atoms with Gasteiger partial charge in [0.25, 0.3) is 0 Å². The van der Waals surface area contributed by atoms with Gasteiger partial charge in [-0.25, -0.2) is 4.39 Å². The first-order chi connectivity index (χ1) is 9.55. The maximum Gasteiger partial charge on any atom is 0.129 e. The third-order valence-electron chi connectivity index (χ3n) is 3.27. The standard InChI is InChI=1S/C15H17FN4/c1-4-14-12(9-20(3)19-14)8-18-15-6-11(7-17)5-13(16)10(15)2/h5-6,9,18H,4,8H2,1-3H3. The van der Waals surface area contributed by atoms with Crippen LogP contribution >= 0.6 is 0 Å². The van der Waals surface area contributed by atoms with Gasteiger partial charge in [-0.1, -0.05) is 6.92 Å². The number of hydrogen-bond acceptors (Lipinski definition) is 3. The lowest BCUT2D eigenvalue weighted by Crippen LogP contribution is -2.04. The Morgan fingerprint density at radius 3 is 2.85 bits per heavy atom. The zero-order valence-electron chi connectivity index (χ0n) is 11.9. The largest absolute Gasteiger partial charge is 0.381 e. The Kier molecular flexibility index (Phi) is 4.04. The van der Waals surface area contributed by atoms with E-state index in [1.807, 2.05) is 26.2 Å². The predicted molar refractivity (Wildman–Crippen MR) is 75.8 cm³/mol. The maximum atomic E-state index is 13.7.